The van der Waals surface area contributed by atoms with E-state index in [2.05, 4.69) is 17.0 Å². The maximum absolute atomic E-state index is 14.2. The fraction of sp³-hybridized carbons (Fsp3) is 0.435. The maximum Gasteiger partial charge on any atom is 0.433 e. The Kier molecular flexibility index (Phi) is 4.57. The summed E-state index contributed by atoms with van der Waals surface area (Å²) >= 11 is 0. The van der Waals surface area contributed by atoms with Crippen molar-refractivity contribution in [3.63, 3.8) is 0 Å². The third kappa shape index (κ3) is 3.28. The number of carbonyl (C=O) groups is 1. The largest absolute Gasteiger partial charge is 0.433 e. The van der Waals surface area contributed by atoms with Gasteiger partial charge in [0.15, 0.2) is 17.0 Å². The number of likely N-dealkylation sites (tertiary alicyclic amines) is 1. The molecule has 0 bridgehead atoms. The number of aryl methyl sites for hydroxylation is 1. The molecule has 1 aliphatic carbocycles. The second-order valence-electron chi connectivity index (χ2n) is 8.72. The normalized spacial score (nSPS) is 21.1. The van der Waals surface area contributed by atoms with Crippen molar-refractivity contribution in [1.82, 2.24) is 19.5 Å². The van der Waals surface area contributed by atoms with Crippen LogP contribution in [0.4, 0.5) is 13.2 Å². The van der Waals surface area contributed by atoms with Gasteiger partial charge < -0.3 is 4.90 Å². The monoisotopic (exact) mass is 428 g/mol. The maximum atomic E-state index is 14.2. The molecular weight excluding hydrogens is 405 g/mol. The van der Waals surface area contributed by atoms with Crippen LogP contribution in [-0.2, 0) is 19.0 Å². The smallest absolute Gasteiger partial charge is 0.335 e. The number of aromatic nitrogens is 3. The number of amides is 1. The summed E-state index contributed by atoms with van der Waals surface area (Å²) in [6.45, 7) is 4.70. The predicted octanol–water partition coefficient (Wildman–Crippen LogP) is 4.77. The molecule has 0 radical (unpaired) electrons. The summed E-state index contributed by atoms with van der Waals surface area (Å²) in [5.41, 5.74) is 1.39. The zero-order valence-electron chi connectivity index (χ0n) is 17.4. The van der Waals surface area contributed by atoms with Crippen molar-refractivity contribution in [2.75, 3.05) is 6.54 Å². The number of alkyl halides is 3. The van der Waals surface area contributed by atoms with E-state index in [0.717, 1.165) is 22.9 Å². The SMILES string of the molecule is C[C@@H]1CCN(C(=O)c2cc3nc4c(c(C(F)(F)F)n3n2)CCc2ccccc2-4)[C@@H](C)C1. The highest BCUT2D eigenvalue weighted by molar-refractivity contribution is 5.93. The van der Waals surface area contributed by atoms with Crippen LogP contribution in [0, 0.1) is 5.92 Å². The van der Waals surface area contributed by atoms with Crippen LogP contribution in [0.25, 0.3) is 16.9 Å². The average molecular weight is 428 g/mol. The van der Waals surface area contributed by atoms with Gasteiger partial charge in [0.1, 0.15) is 0 Å². The van der Waals surface area contributed by atoms with Crippen molar-refractivity contribution in [3.8, 4) is 11.3 Å². The average Bonchev–Trinajstić information content (AvgIpc) is 3.14. The van der Waals surface area contributed by atoms with Crippen molar-refractivity contribution in [3.05, 3.63) is 52.8 Å². The van der Waals surface area contributed by atoms with Crippen LogP contribution in [0.2, 0.25) is 0 Å². The van der Waals surface area contributed by atoms with Gasteiger partial charge in [0.05, 0.1) is 5.69 Å². The molecule has 1 aromatic carbocycles. The minimum atomic E-state index is -4.61. The molecule has 1 saturated heterocycles. The van der Waals surface area contributed by atoms with Crippen LogP contribution in [0.5, 0.6) is 0 Å². The number of nitrogens with zero attached hydrogens (tertiary/aromatic N) is 4. The van der Waals surface area contributed by atoms with E-state index in [0.29, 0.717) is 30.1 Å². The van der Waals surface area contributed by atoms with Crippen LogP contribution in [0.15, 0.2) is 30.3 Å². The number of halogens is 3. The molecule has 3 aromatic rings. The Balaban J connectivity index is 1.66. The molecule has 2 aromatic heterocycles. The molecule has 1 amide bonds. The minimum Gasteiger partial charge on any atom is -0.335 e. The first-order valence-electron chi connectivity index (χ1n) is 10.6. The number of hydrogen-bond donors (Lipinski definition) is 0. The first kappa shape index (κ1) is 20.0. The van der Waals surface area contributed by atoms with Crippen molar-refractivity contribution in [1.29, 1.82) is 0 Å². The van der Waals surface area contributed by atoms with Gasteiger partial charge in [-0.1, -0.05) is 31.2 Å². The Labute approximate surface area is 177 Å². The standard InChI is InChI=1S/C23H23F3N4O/c1-13-9-10-29(14(2)11-13)22(31)18-12-19-27-20-16-6-4-3-5-15(16)7-8-17(20)21(23(24,25)26)30(19)28-18/h3-6,12-14H,7-11H2,1-2H3/t13-,14+/m1/s1. The van der Waals surface area contributed by atoms with Crippen LogP contribution in [-0.4, -0.2) is 38.0 Å². The molecule has 2 atom stereocenters. The van der Waals surface area contributed by atoms with E-state index in [4.69, 9.17) is 0 Å². The molecule has 2 aliphatic rings. The summed E-state index contributed by atoms with van der Waals surface area (Å²) in [5, 5.41) is 4.11. The highest BCUT2D eigenvalue weighted by Crippen LogP contribution is 2.40. The molecule has 5 rings (SSSR count). The fourth-order valence-electron chi connectivity index (χ4n) is 4.98. The van der Waals surface area contributed by atoms with E-state index >= 15 is 0 Å². The van der Waals surface area contributed by atoms with Gasteiger partial charge in [-0.2, -0.15) is 18.3 Å². The van der Waals surface area contributed by atoms with Crippen LogP contribution >= 0.6 is 0 Å². The molecule has 5 nitrogen and oxygen atoms in total. The summed E-state index contributed by atoms with van der Waals surface area (Å²) in [4.78, 5) is 19.4. The van der Waals surface area contributed by atoms with Gasteiger partial charge in [0.25, 0.3) is 5.91 Å². The van der Waals surface area contributed by atoms with Gasteiger partial charge in [0.2, 0.25) is 0 Å². The zero-order chi connectivity index (χ0) is 21.9. The third-order valence-corrected chi connectivity index (χ3v) is 6.50. The summed E-state index contributed by atoms with van der Waals surface area (Å²) in [6, 6.07) is 8.81. The first-order valence-corrected chi connectivity index (χ1v) is 10.6. The molecule has 0 saturated carbocycles. The lowest BCUT2D eigenvalue weighted by molar-refractivity contribution is -0.143. The van der Waals surface area contributed by atoms with Crippen molar-refractivity contribution >= 4 is 11.6 Å². The van der Waals surface area contributed by atoms with E-state index in [1.165, 1.54) is 6.07 Å². The van der Waals surface area contributed by atoms with Crippen LogP contribution in [0.1, 0.15) is 54.0 Å². The van der Waals surface area contributed by atoms with E-state index < -0.39 is 11.9 Å². The highest BCUT2D eigenvalue weighted by atomic mass is 19.4. The lowest BCUT2D eigenvalue weighted by Crippen LogP contribution is -2.44. The second-order valence-corrected chi connectivity index (χ2v) is 8.72. The summed E-state index contributed by atoms with van der Waals surface area (Å²) in [6.07, 6.45) is -2.13. The van der Waals surface area contributed by atoms with Crippen LogP contribution in [0.3, 0.4) is 0 Å². The number of benzene rings is 1. The predicted molar refractivity (Wildman–Crippen MR) is 110 cm³/mol. The molecule has 0 spiro atoms. The Morgan fingerprint density at radius 1 is 1.16 bits per heavy atom. The number of carbonyl (C=O) groups excluding carboxylic acids is 1. The topological polar surface area (TPSA) is 50.5 Å². The number of hydrogen-bond acceptors (Lipinski definition) is 3. The Bertz CT molecular complexity index is 1180. The lowest BCUT2D eigenvalue weighted by Gasteiger charge is -2.36. The van der Waals surface area contributed by atoms with E-state index in [-0.39, 0.29) is 35.3 Å². The van der Waals surface area contributed by atoms with Crippen molar-refractivity contribution in [2.24, 2.45) is 5.92 Å². The number of piperidine rings is 1. The van der Waals surface area contributed by atoms with E-state index in [9.17, 15) is 18.0 Å². The molecule has 162 valence electrons. The first-order chi connectivity index (χ1) is 14.7. The molecule has 1 aliphatic heterocycles. The quantitative estimate of drug-likeness (QED) is 0.561. The van der Waals surface area contributed by atoms with Crippen molar-refractivity contribution in [2.45, 2.75) is 51.7 Å². The lowest BCUT2D eigenvalue weighted by atomic mass is 9.88. The summed E-state index contributed by atoms with van der Waals surface area (Å²) in [5.74, 6) is 0.182. The zero-order valence-corrected chi connectivity index (χ0v) is 17.4. The Morgan fingerprint density at radius 3 is 2.68 bits per heavy atom. The molecule has 0 unspecified atom stereocenters. The molecule has 3 heterocycles. The Hall–Kier alpha value is -2.90. The molecule has 8 heteroatoms. The van der Waals surface area contributed by atoms with E-state index in [1.807, 2.05) is 19.1 Å². The number of fused-ring (bicyclic) bond motifs is 4. The molecular formula is C23H23F3N4O. The van der Waals surface area contributed by atoms with Gasteiger partial charge >= 0.3 is 6.18 Å². The summed E-state index contributed by atoms with van der Waals surface area (Å²) < 4.78 is 43.3. The van der Waals surface area contributed by atoms with E-state index in [1.54, 1.807) is 17.0 Å². The van der Waals surface area contributed by atoms with Gasteiger partial charge in [0, 0.05) is 29.8 Å². The van der Waals surface area contributed by atoms with Crippen molar-refractivity contribution < 1.29 is 18.0 Å². The number of rotatable bonds is 1. The summed E-state index contributed by atoms with van der Waals surface area (Å²) in [7, 11) is 0. The van der Waals surface area contributed by atoms with Gasteiger partial charge in [-0.3, -0.25) is 4.79 Å². The fourth-order valence-corrected chi connectivity index (χ4v) is 4.98. The van der Waals surface area contributed by atoms with Gasteiger partial charge in [-0.05, 0) is 44.1 Å². The van der Waals surface area contributed by atoms with Crippen LogP contribution < -0.4 is 0 Å². The highest BCUT2D eigenvalue weighted by Gasteiger charge is 2.40. The van der Waals surface area contributed by atoms with Gasteiger partial charge in [-0.15, -0.1) is 0 Å². The molecule has 31 heavy (non-hydrogen) atoms. The molecule has 1 fully saturated rings. The Morgan fingerprint density at radius 2 is 1.94 bits per heavy atom. The minimum absolute atomic E-state index is 0.00929. The molecule has 0 N–H and O–H groups in total. The van der Waals surface area contributed by atoms with Gasteiger partial charge in [-0.25, -0.2) is 9.50 Å². The second kappa shape index (κ2) is 7.07. The third-order valence-electron chi connectivity index (χ3n) is 6.50.